The van der Waals surface area contributed by atoms with Gasteiger partial charge in [-0.1, -0.05) is 19.4 Å². The molecule has 0 aromatic carbocycles. The molecule has 5 nitrogen and oxygen atoms in total. The van der Waals surface area contributed by atoms with Crippen molar-refractivity contribution in [3.8, 4) is 0 Å². The van der Waals surface area contributed by atoms with Gasteiger partial charge in [0.15, 0.2) is 0 Å². The van der Waals surface area contributed by atoms with Crippen LogP contribution in [0.1, 0.15) is 19.8 Å². The Bertz CT molecular complexity index is 482. The fourth-order valence-electron chi connectivity index (χ4n) is 2.19. The van der Waals surface area contributed by atoms with Crippen molar-refractivity contribution in [1.82, 2.24) is 9.29 Å². The van der Waals surface area contributed by atoms with Crippen LogP contribution in [0.5, 0.6) is 0 Å². The van der Waals surface area contributed by atoms with Crippen molar-refractivity contribution in [2.75, 3.05) is 36.8 Å². The van der Waals surface area contributed by atoms with E-state index in [0.29, 0.717) is 26.2 Å². The van der Waals surface area contributed by atoms with Crippen LogP contribution in [0.15, 0.2) is 24.4 Å². The summed E-state index contributed by atoms with van der Waals surface area (Å²) in [4.78, 5) is 6.43. The SMILES string of the molecule is CCCCS(=O)(=O)N1CCN(c2ccccn2)CC1. The van der Waals surface area contributed by atoms with E-state index >= 15 is 0 Å². The third-order valence-electron chi connectivity index (χ3n) is 3.36. The maximum atomic E-state index is 12.1. The predicted octanol–water partition coefficient (Wildman–Crippen LogP) is 1.33. The highest BCUT2D eigenvalue weighted by Crippen LogP contribution is 2.15. The van der Waals surface area contributed by atoms with Crippen LogP contribution in [0.3, 0.4) is 0 Å². The Morgan fingerprint density at radius 2 is 1.95 bits per heavy atom. The smallest absolute Gasteiger partial charge is 0.214 e. The summed E-state index contributed by atoms with van der Waals surface area (Å²) in [6, 6.07) is 5.79. The Hall–Kier alpha value is -1.14. The molecule has 1 aromatic heterocycles. The van der Waals surface area contributed by atoms with Crippen LogP contribution < -0.4 is 4.90 Å². The lowest BCUT2D eigenvalue weighted by Gasteiger charge is -2.34. The molecule has 106 valence electrons. The van der Waals surface area contributed by atoms with E-state index in [0.717, 1.165) is 18.7 Å². The minimum absolute atomic E-state index is 0.271. The summed E-state index contributed by atoms with van der Waals surface area (Å²) in [6.07, 6.45) is 3.41. The first-order chi connectivity index (χ1) is 9.13. The summed E-state index contributed by atoms with van der Waals surface area (Å²) in [5.74, 6) is 1.20. The number of pyridine rings is 1. The van der Waals surface area contributed by atoms with Gasteiger partial charge in [0, 0.05) is 32.4 Å². The quantitative estimate of drug-likeness (QED) is 0.818. The number of hydrogen-bond acceptors (Lipinski definition) is 4. The van der Waals surface area contributed by atoms with Gasteiger partial charge in [0.2, 0.25) is 10.0 Å². The van der Waals surface area contributed by atoms with Gasteiger partial charge in [0.05, 0.1) is 5.75 Å². The standard InChI is InChI=1S/C13H21N3O2S/c1-2-3-12-19(17,18)16-10-8-15(9-11-16)13-6-4-5-7-14-13/h4-7H,2-3,8-12H2,1H3. The molecule has 0 atom stereocenters. The van der Waals surface area contributed by atoms with Crippen molar-refractivity contribution in [2.45, 2.75) is 19.8 Å². The van der Waals surface area contributed by atoms with Crippen molar-refractivity contribution >= 4 is 15.8 Å². The lowest BCUT2D eigenvalue weighted by atomic mass is 10.3. The van der Waals surface area contributed by atoms with Gasteiger partial charge in [-0.15, -0.1) is 0 Å². The molecule has 0 spiro atoms. The van der Waals surface area contributed by atoms with E-state index in [4.69, 9.17) is 0 Å². The van der Waals surface area contributed by atoms with Crippen LogP contribution in [-0.2, 0) is 10.0 Å². The molecule has 0 aliphatic carbocycles. The molecule has 6 heteroatoms. The number of rotatable bonds is 5. The van der Waals surface area contributed by atoms with Crippen LogP contribution in [0.2, 0.25) is 0 Å². The van der Waals surface area contributed by atoms with Gasteiger partial charge in [-0.2, -0.15) is 4.31 Å². The van der Waals surface area contributed by atoms with Gasteiger partial charge in [-0.05, 0) is 18.6 Å². The molecule has 1 saturated heterocycles. The molecule has 0 amide bonds. The lowest BCUT2D eigenvalue weighted by molar-refractivity contribution is 0.383. The highest BCUT2D eigenvalue weighted by Gasteiger charge is 2.26. The Morgan fingerprint density at radius 1 is 1.21 bits per heavy atom. The zero-order valence-corrected chi connectivity index (χ0v) is 12.1. The second kappa shape index (κ2) is 6.34. The zero-order chi connectivity index (χ0) is 13.7. The lowest BCUT2D eigenvalue weighted by Crippen LogP contribution is -2.49. The first-order valence-electron chi connectivity index (χ1n) is 6.77. The maximum Gasteiger partial charge on any atom is 0.214 e. The number of anilines is 1. The molecule has 1 aliphatic heterocycles. The maximum absolute atomic E-state index is 12.1. The monoisotopic (exact) mass is 283 g/mol. The van der Waals surface area contributed by atoms with Gasteiger partial charge in [-0.3, -0.25) is 0 Å². The molecule has 2 rings (SSSR count). The van der Waals surface area contributed by atoms with Crippen molar-refractivity contribution < 1.29 is 8.42 Å². The average molecular weight is 283 g/mol. The first-order valence-corrected chi connectivity index (χ1v) is 8.38. The molecule has 2 heterocycles. The molecule has 1 aliphatic rings. The molecule has 0 radical (unpaired) electrons. The number of piperazine rings is 1. The molecule has 0 unspecified atom stereocenters. The van der Waals surface area contributed by atoms with Crippen LogP contribution in [0, 0.1) is 0 Å². The highest BCUT2D eigenvalue weighted by atomic mass is 32.2. The molecule has 19 heavy (non-hydrogen) atoms. The molecular formula is C13H21N3O2S. The Balaban J connectivity index is 1.92. The number of unbranched alkanes of at least 4 members (excludes halogenated alkanes) is 1. The molecule has 0 saturated carbocycles. The second-order valence-corrected chi connectivity index (χ2v) is 6.83. The van der Waals surface area contributed by atoms with Crippen LogP contribution in [0.4, 0.5) is 5.82 Å². The summed E-state index contributed by atoms with van der Waals surface area (Å²) < 4.78 is 25.8. The normalized spacial score (nSPS) is 17.6. The highest BCUT2D eigenvalue weighted by molar-refractivity contribution is 7.89. The largest absolute Gasteiger partial charge is 0.354 e. The fraction of sp³-hybridized carbons (Fsp3) is 0.615. The third-order valence-corrected chi connectivity index (χ3v) is 5.32. The number of sulfonamides is 1. The Kier molecular flexibility index (Phi) is 4.76. The summed E-state index contributed by atoms with van der Waals surface area (Å²) in [6.45, 7) is 4.55. The zero-order valence-electron chi connectivity index (χ0n) is 11.3. The van der Waals surface area contributed by atoms with Gasteiger partial charge >= 0.3 is 0 Å². The van der Waals surface area contributed by atoms with Crippen molar-refractivity contribution in [2.24, 2.45) is 0 Å². The van der Waals surface area contributed by atoms with E-state index in [1.807, 2.05) is 25.1 Å². The van der Waals surface area contributed by atoms with Gasteiger partial charge in [0.1, 0.15) is 5.82 Å². The fourth-order valence-corrected chi connectivity index (χ4v) is 3.82. The van der Waals surface area contributed by atoms with Crippen molar-refractivity contribution in [3.63, 3.8) is 0 Å². The minimum Gasteiger partial charge on any atom is -0.354 e. The van der Waals surface area contributed by atoms with E-state index in [1.165, 1.54) is 0 Å². The Labute approximate surface area is 115 Å². The minimum atomic E-state index is -3.06. The van der Waals surface area contributed by atoms with E-state index in [9.17, 15) is 8.42 Å². The van der Waals surface area contributed by atoms with E-state index in [1.54, 1.807) is 10.5 Å². The van der Waals surface area contributed by atoms with Gasteiger partial charge in [0.25, 0.3) is 0 Å². The molecule has 0 bridgehead atoms. The number of aromatic nitrogens is 1. The average Bonchev–Trinajstić information content (AvgIpc) is 2.46. The Morgan fingerprint density at radius 3 is 2.53 bits per heavy atom. The topological polar surface area (TPSA) is 53.5 Å². The molecular weight excluding hydrogens is 262 g/mol. The molecule has 1 aromatic rings. The summed E-state index contributed by atoms with van der Waals surface area (Å²) in [5, 5.41) is 0. The van der Waals surface area contributed by atoms with Crippen LogP contribution in [-0.4, -0.2) is 49.6 Å². The summed E-state index contributed by atoms with van der Waals surface area (Å²) in [7, 11) is -3.06. The number of hydrogen-bond donors (Lipinski definition) is 0. The molecule has 0 N–H and O–H groups in total. The van der Waals surface area contributed by atoms with Crippen LogP contribution in [0.25, 0.3) is 0 Å². The van der Waals surface area contributed by atoms with Crippen LogP contribution >= 0.6 is 0 Å². The third kappa shape index (κ3) is 3.67. The first kappa shape index (κ1) is 14.3. The van der Waals surface area contributed by atoms with Gasteiger partial charge < -0.3 is 4.90 Å². The molecule has 1 fully saturated rings. The van der Waals surface area contributed by atoms with E-state index < -0.39 is 10.0 Å². The summed E-state index contributed by atoms with van der Waals surface area (Å²) >= 11 is 0. The van der Waals surface area contributed by atoms with E-state index in [-0.39, 0.29) is 5.75 Å². The second-order valence-electron chi connectivity index (χ2n) is 4.74. The van der Waals surface area contributed by atoms with Crippen molar-refractivity contribution in [3.05, 3.63) is 24.4 Å². The predicted molar refractivity (Wildman–Crippen MR) is 76.7 cm³/mol. The van der Waals surface area contributed by atoms with E-state index in [2.05, 4.69) is 9.88 Å². The van der Waals surface area contributed by atoms with Gasteiger partial charge in [-0.25, -0.2) is 13.4 Å². The summed E-state index contributed by atoms with van der Waals surface area (Å²) in [5.41, 5.74) is 0. The van der Waals surface area contributed by atoms with Crippen molar-refractivity contribution in [1.29, 1.82) is 0 Å². The number of nitrogens with zero attached hydrogens (tertiary/aromatic N) is 3.